The maximum Gasteiger partial charge on any atom is 0.243 e. The summed E-state index contributed by atoms with van der Waals surface area (Å²) in [6.07, 6.45) is 0.589. The number of fused-ring (bicyclic) bond motifs is 1. The van der Waals surface area contributed by atoms with Gasteiger partial charge in [-0.05, 0) is 67.1 Å². The molecule has 186 valence electrons. The fraction of sp³-hybridized carbons (Fsp3) is 0.346. The van der Waals surface area contributed by atoms with Gasteiger partial charge in [-0.25, -0.2) is 8.42 Å². The zero-order chi connectivity index (χ0) is 25.0. The van der Waals surface area contributed by atoms with E-state index in [1.54, 1.807) is 46.6 Å². The topological polar surface area (TPSA) is 76.2 Å². The van der Waals surface area contributed by atoms with E-state index in [1.807, 2.05) is 50.4 Å². The standard InChI is InChI=1S/C26H30N2O5S2/c1-4-20(3)28(35(30,31)22-8-6-5-7-9-22)17-26(29)27(16-25-19(2)12-13-34-25)15-21-10-11-23-24(14-21)33-18-32-23/h5-14,20H,4,15-18H2,1-3H3. The van der Waals surface area contributed by atoms with Crippen LogP contribution in [0.2, 0.25) is 0 Å². The number of aryl methyl sites for hydroxylation is 1. The number of carbonyl (C=O) groups excluding carboxylic acids is 1. The lowest BCUT2D eigenvalue weighted by molar-refractivity contribution is -0.133. The summed E-state index contributed by atoms with van der Waals surface area (Å²) in [5.41, 5.74) is 1.99. The Morgan fingerprint density at radius 1 is 1.06 bits per heavy atom. The van der Waals surface area contributed by atoms with Gasteiger partial charge in [0.1, 0.15) is 0 Å². The van der Waals surface area contributed by atoms with E-state index >= 15 is 0 Å². The first-order chi connectivity index (χ1) is 16.8. The van der Waals surface area contributed by atoms with Gasteiger partial charge in [-0.1, -0.05) is 31.2 Å². The zero-order valence-electron chi connectivity index (χ0n) is 20.1. The van der Waals surface area contributed by atoms with Crippen LogP contribution in [0.1, 0.15) is 36.3 Å². The Morgan fingerprint density at radius 2 is 1.80 bits per heavy atom. The van der Waals surface area contributed by atoms with E-state index in [4.69, 9.17) is 9.47 Å². The molecule has 0 bridgehead atoms. The van der Waals surface area contributed by atoms with Crippen molar-refractivity contribution in [2.24, 2.45) is 0 Å². The highest BCUT2D eigenvalue weighted by atomic mass is 32.2. The van der Waals surface area contributed by atoms with E-state index in [9.17, 15) is 13.2 Å². The van der Waals surface area contributed by atoms with Crippen LogP contribution in [-0.4, -0.2) is 42.9 Å². The van der Waals surface area contributed by atoms with E-state index in [-0.39, 0.29) is 30.2 Å². The number of amides is 1. The molecule has 9 heteroatoms. The van der Waals surface area contributed by atoms with Gasteiger partial charge >= 0.3 is 0 Å². The summed E-state index contributed by atoms with van der Waals surface area (Å²) in [4.78, 5) is 16.7. The van der Waals surface area contributed by atoms with Gasteiger partial charge in [-0.3, -0.25) is 4.79 Å². The van der Waals surface area contributed by atoms with Crippen LogP contribution in [0.4, 0.5) is 0 Å². The van der Waals surface area contributed by atoms with Crippen molar-refractivity contribution in [3.63, 3.8) is 0 Å². The molecule has 0 saturated heterocycles. The van der Waals surface area contributed by atoms with E-state index in [0.717, 1.165) is 16.0 Å². The number of ether oxygens (including phenoxy) is 2. The Labute approximate surface area is 210 Å². The van der Waals surface area contributed by atoms with Crippen molar-refractivity contribution in [1.82, 2.24) is 9.21 Å². The summed E-state index contributed by atoms with van der Waals surface area (Å²) in [5, 5.41) is 2.00. The van der Waals surface area contributed by atoms with Gasteiger partial charge in [-0.15, -0.1) is 11.3 Å². The molecule has 1 atom stereocenters. The minimum Gasteiger partial charge on any atom is -0.454 e. The van der Waals surface area contributed by atoms with Crippen LogP contribution in [0.5, 0.6) is 11.5 Å². The van der Waals surface area contributed by atoms with Gasteiger partial charge < -0.3 is 14.4 Å². The number of thiophene rings is 1. The van der Waals surface area contributed by atoms with E-state index in [2.05, 4.69) is 0 Å². The smallest absolute Gasteiger partial charge is 0.243 e. The monoisotopic (exact) mass is 514 g/mol. The molecular weight excluding hydrogens is 484 g/mol. The molecule has 35 heavy (non-hydrogen) atoms. The maximum absolute atomic E-state index is 13.7. The fourth-order valence-electron chi connectivity index (χ4n) is 3.87. The normalized spacial score (nSPS) is 13.7. The fourth-order valence-corrected chi connectivity index (χ4v) is 6.47. The zero-order valence-corrected chi connectivity index (χ0v) is 21.8. The molecule has 0 aliphatic carbocycles. The highest BCUT2D eigenvalue weighted by Crippen LogP contribution is 2.33. The van der Waals surface area contributed by atoms with Crippen molar-refractivity contribution >= 4 is 27.3 Å². The van der Waals surface area contributed by atoms with Gasteiger partial charge in [0.15, 0.2) is 11.5 Å². The summed E-state index contributed by atoms with van der Waals surface area (Å²) < 4.78 is 39.2. The minimum atomic E-state index is -3.84. The molecule has 0 N–H and O–H groups in total. The average molecular weight is 515 g/mol. The summed E-state index contributed by atoms with van der Waals surface area (Å²) in [5.74, 6) is 1.07. The largest absolute Gasteiger partial charge is 0.454 e. The van der Waals surface area contributed by atoms with Gasteiger partial charge in [-0.2, -0.15) is 4.31 Å². The maximum atomic E-state index is 13.7. The van der Waals surface area contributed by atoms with E-state index in [1.165, 1.54) is 4.31 Å². The van der Waals surface area contributed by atoms with Crippen molar-refractivity contribution in [1.29, 1.82) is 0 Å². The lowest BCUT2D eigenvalue weighted by Gasteiger charge is -2.30. The third kappa shape index (κ3) is 5.69. The van der Waals surface area contributed by atoms with Crippen LogP contribution >= 0.6 is 11.3 Å². The molecule has 7 nitrogen and oxygen atoms in total. The Balaban J connectivity index is 1.62. The van der Waals surface area contributed by atoms with Crippen LogP contribution in [0.3, 0.4) is 0 Å². The molecule has 1 unspecified atom stereocenters. The molecule has 1 amide bonds. The number of hydrogen-bond acceptors (Lipinski definition) is 6. The molecule has 1 aliphatic heterocycles. The highest BCUT2D eigenvalue weighted by Gasteiger charge is 2.32. The summed E-state index contributed by atoms with van der Waals surface area (Å²) in [7, 11) is -3.84. The number of sulfonamides is 1. The first-order valence-electron chi connectivity index (χ1n) is 11.6. The summed E-state index contributed by atoms with van der Waals surface area (Å²) in [6, 6.07) is 15.6. The Morgan fingerprint density at radius 3 is 2.49 bits per heavy atom. The number of nitrogens with zero attached hydrogens (tertiary/aromatic N) is 2. The number of rotatable bonds is 10. The van der Waals surface area contributed by atoms with Gasteiger partial charge in [0, 0.05) is 17.5 Å². The predicted molar refractivity (Wildman–Crippen MR) is 136 cm³/mol. The van der Waals surface area contributed by atoms with Crippen LogP contribution in [0.25, 0.3) is 0 Å². The summed E-state index contributed by atoms with van der Waals surface area (Å²) in [6.45, 7) is 6.43. The second-order valence-corrected chi connectivity index (χ2v) is 11.5. The molecule has 0 spiro atoms. The molecule has 1 aliphatic rings. The molecule has 0 fully saturated rings. The SMILES string of the molecule is CCC(C)N(CC(=O)N(Cc1ccc2c(c1)OCO2)Cc1sccc1C)S(=O)(=O)c1ccccc1. The number of benzene rings is 2. The predicted octanol–water partition coefficient (Wildman–Crippen LogP) is 4.80. The first kappa shape index (κ1) is 25.2. The van der Waals surface area contributed by atoms with E-state index < -0.39 is 10.0 Å². The molecule has 2 aromatic carbocycles. The lowest BCUT2D eigenvalue weighted by atomic mass is 10.1. The molecule has 1 aromatic heterocycles. The van der Waals surface area contributed by atoms with E-state index in [0.29, 0.717) is 31.0 Å². The second kappa shape index (κ2) is 10.8. The molecular formula is C26H30N2O5S2. The second-order valence-electron chi connectivity index (χ2n) is 8.58. The molecule has 3 aromatic rings. The lowest BCUT2D eigenvalue weighted by Crippen LogP contribution is -2.46. The molecule has 0 radical (unpaired) electrons. The quantitative estimate of drug-likeness (QED) is 0.388. The molecule has 0 saturated carbocycles. The number of hydrogen-bond donors (Lipinski definition) is 0. The van der Waals surface area contributed by atoms with Crippen molar-refractivity contribution in [2.75, 3.05) is 13.3 Å². The minimum absolute atomic E-state index is 0.178. The van der Waals surface area contributed by atoms with Crippen LogP contribution < -0.4 is 9.47 Å². The Kier molecular flexibility index (Phi) is 7.78. The Hall–Kier alpha value is -2.88. The van der Waals surface area contributed by atoms with Gasteiger partial charge in [0.05, 0.1) is 18.0 Å². The van der Waals surface area contributed by atoms with Crippen LogP contribution in [0.15, 0.2) is 64.9 Å². The molecule has 2 heterocycles. The number of carbonyl (C=O) groups is 1. The Bertz CT molecular complexity index is 1270. The third-order valence-corrected chi connectivity index (χ3v) is 9.17. The van der Waals surface area contributed by atoms with Crippen molar-refractivity contribution in [3.8, 4) is 11.5 Å². The van der Waals surface area contributed by atoms with Gasteiger partial charge in [0.25, 0.3) is 0 Å². The van der Waals surface area contributed by atoms with Crippen molar-refractivity contribution < 1.29 is 22.7 Å². The van der Waals surface area contributed by atoms with Crippen molar-refractivity contribution in [2.45, 2.75) is 51.2 Å². The molecule has 4 rings (SSSR count). The first-order valence-corrected chi connectivity index (χ1v) is 13.9. The third-order valence-electron chi connectivity index (χ3n) is 6.19. The van der Waals surface area contributed by atoms with Crippen LogP contribution in [-0.2, 0) is 27.9 Å². The summed E-state index contributed by atoms with van der Waals surface area (Å²) >= 11 is 1.59. The highest BCUT2D eigenvalue weighted by molar-refractivity contribution is 7.89. The van der Waals surface area contributed by atoms with Crippen LogP contribution in [0, 0.1) is 6.92 Å². The average Bonchev–Trinajstić information content (AvgIpc) is 3.50. The van der Waals surface area contributed by atoms with Crippen molar-refractivity contribution in [3.05, 3.63) is 76.0 Å². The van der Waals surface area contributed by atoms with Gasteiger partial charge in [0.2, 0.25) is 22.7 Å².